The maximum Gasteiger partial charge on any atom is 0.257 e. The first-order valence-electron chi connectivity index (χ1n) is 11.5. The predicted octanol–water partition coefficient (Wildman–Crippen LogP) is 4.91. The molecule has 0 aliphatic rings. The maximum atomic E-state index is 13.2. The van der Waals surface area contributed by atoms with Gasteiger partial charge in [0.1, 0.15) is 17.2 Å². The van der Waals surface area contributed by atoms with Gasteiger partial charge in [0.25, 0.3) is 5.91 Å². The SMILES string of the molecule is CN(Cc1ccccc1)C(=O)c1cc(-c2ccnn2-c2ccc(OCCCC#N)cc2)c(O)cc1O. The van der Waals surface area contributed by atoms with Gasteiger partial charge in [0.15, 0.2) is 0 Å². The number of nitriles is 1. The van der Waals surface area contributed by atoms with E-state index in [1.165, 1.54) is 17.0 Å². The van der Waals surface area contributed by atoms with Crippen molar-refractivity contribution in [1.82, 2.24) is 14.7 Å². The number of hydrogen-bond acceptors (Lipinski definition) is 6. The molecule has 0 saturated carbocycles. The fourth-order valence-electron chi connectivity index (χ4n) is 3.83. The van der Waals surface area contributed by atoms with Gasteiger partial charge in [-0.3, -0.25) is 4.79 Å². The molecule has 0 fully saturated rings. The zero-order valence-electron chi connectivity index (χ0n) is 19.8. The summed E-state index contributed by atoms with van der Waals surface area (Å²) in [5, 5.41) is 34.1. The number of phenols is 2. The number of ether oxygens (including phenoxy) is 1. The van der Waals surface area contributed by atoms with Gasteiger partial charge in [0.2, 0.25) is 0 Å². The lowest BCUT2D eigenvalue weighted by atomic mass is 10.0. The molecule has 0 bridgehead atoms. The molecule has 4 aromatic rings. The number of aromatic nitrogens is 2. The van der Waals surface area contributed by atoms with E-state index in [1.807, 2.05) is 42.5 Å². The highest BCUT2D eigenvalue weighted by Gasteiger charge is 2.21. The number of carbonyl (C=O) groups excluding carboxylic acids is 1. The van der Waals surface area contributed by atoms with Gasteiger partial charge in [-0.15, -0.1) is 0 Å². The molecule has 2 N–H and O–H groups in total. The lowest BCUT2D eigenvalue weighted by molar-refractivity contribution is 0.0782. The molecule has 36 heavy (non-hydrogen) atoms. The van der Waals surface area contributed by atoms with Crippen molar-refractivity contribution < 1.29 is 19.7 Å². The molecular weight excluding hydrogens is 456 g/mol. The number of aromatic hydroxyl groups is 2. The van der Waals surface area contributed by atoms with Gasteiger partial charge in [-0.1, -0.05) is 30.3 Å². The molecule has 1 aromatic heterocycles. The van der Waals surface area contributed by atoms with Crippen molar-refractivity contribution in [3.8, 4) is 40.3 Å². The molecule has 8 nitrogen and oxygen atoms in total. The first-order chi connectivity index (χ1) is 17.5. The zero-order valence-corrected chi connectivity index (χ0v) is 19.8. The number of amides is 1. The Labute approximate surface area is 209 Å². The molecule has 3 aromatic carbocycles. The van der Waals surface area contributed by atoms with E-state index in [1.54, 1.807) is 36.1 Å². The predicted molar refractivity (Wildman–Crippen MR) is 135 cm³/mol. The molecule has 0 aliphatic carbocycles. The first kappa shape index (κ1) is 24.4. The summed E-state index contributed by atoms with van der Waals surface area (Å²) in [5.41, 5.74) is 2.67. The molecule has 0 aliphatic heterocycles. The summed E-state index contributed by atoms with van der Waals surface area (Å²) in [7, 11) is 1.66. The smallest absolute Gasteiger partial charge is 0.257 e. The molecular formula is C28H26N4O4. The summed E-state index contributed by atoms with van der Waals surface area (Å²) in [6.07, 6.45) is 2.69. The summed E-state index contributed by atoms with van der Waals surface area (Å²) < 4.78 is 7.28. The van der Waals surface area contributed by atoms with Crippen molar-refractivity contribution in [2.45, 2.75) is 19.4 Å². The largest absolute Gasteiger partial charge is 0.507 e. The Hall–Kier alpha value is -4.77. The third-order valence-electron chi connectivity index (χ3n) is 5.66. The molecule has 0 spiro atoms. The van der Waals surface area contributed by atoms with E-state index in [4.69, 9.17) is 10.00 Å². The maximum absolute atomic E-state index is 13.2. The Morgan fingerprint density at radius 1 is 1.06 bits per heavy atom. The van der Waals surface area contributed by atoms with E-state index >= 15 is 0 Å². The first-order valence-corrected chi connectivity index (χ1v) is 11.5. The van der Waals surface area contributed by atoms with Crippen molar-refractivity contribution in [3.63, 3.8) is 0 Å². The summed E-state index contributed by atoms with van der Waals surface area (Å²) in [6, 6.07) is 23.3. The average molecular weight is 483 g/mol. The van der Waals surface area contributed by atoms with Crippen LogP contribution in [0, 0.1) is 11.3 Å². The second-order valence-electron chi connectivity index (χ2n) is 8.27. The van der Waals surface area contributed by atoms with Crippen LogP contribution in [0.1, 0.15) is 28.8 Å². The van der Waals surface area contributed by atoms with Crippen LogP contribution in [0.25, 0.3) is 16.9 Å². The van der Waals surface area contributed by atoms with E-state index in [-0.39, 0.29) is 23.0 Å². The molecule has 0 unspecified atom stereocenters. The minimum atomic E-state index is -0.374. The molecule has 1 heterocycles. The molecule has 1 amide bonds. The Kier molecular flexibility index (Phi) is 7.51. The van der Waals surface area contributed by atoms with Crippen LogP contribution in [0.5, 0.6) is 17.2 Å². The highest BCUT2D eigenvalue weighted by atomic mass is 16.5. The standard InChI is InChI=1S/C28H26N4O4/c1-31(19-20-7-3-2-4-8-20)28(35)24-17-23(26(33)18-27(24)34)25-13-15-30-32(25)21-9-11-22(12-10-21)36-16-6-5-14-29/h2-4,7-13,15,17-18,33-34H,5-6,16,19H2,1H3. The van der Waals surface area contributed by atoms with Crippen LogP contribution in [0.2, 0.25) is 0 Å². The number of rotatable bonds is 9. The van der Waals surface area contributed by atoms with Crippen LogP contribution in [0.3, 0.4) is 0 Å². The van der Waals surface area contributed by atoms with Crippen LogP contribution in [0.15, 0.2) is 79.0 Å². The molecule has 182 valence electrons. The van der Waals surface area contributed by atoms with Crippen LogP contribution in [-0.2, 0) is 6.54 Å². The second-order valence-corrected chi connectivity index (χ2v) is 8.27. The van der Waals surface area contributed by atoms with E-state index < -0.39 is 0 Å². The fraction of sp³-hybridized carbons (Fsp3) is 0.179. The third kappa shape index (κ3) is 5.47. The van der Waals surface area contributed by atoms with Crippen molar-refractivity contribution >= 4 is 5.91 Å². The number of unbranched alkanes of at least 4 members (excludes halogenated alkanes) is 1. The summed E-state index contributed by atoms with van der Waals surface area (Å²) in [4.78, 5) is 14.7. The molecule has 4 rings (SSSR count). The van der Waals surface area contributed by atoms with E-state index in [9.17, 15) is 15.0 Å². The summed E-state index contributed by atoms with van der Waals surface area (Å²) in [5.74, 6) is -0.173. The Morgan fingerprint density at radius 3 is 2.53 bits per heavy atom. The van der Waals surface area contributed by atoms with Gasteiger partial charge in [-0.25, -0.2) is 4.68 Å². The summed E-state index contributed by atoms with van der Waals surface area (Å²) >= 11 is 0. The number of nitrogens with zero attached hydrogens (tertiary/aromatic N) is 4. The molecule has 0 radical (unpaired) electrons. The van der Waals surface area contributed by atoms with E-state index in [0.29, 0.717) is 43.0 Å². The summed E-state index contributed by atoms with van der Waals surface area (Å²) in [6.45, 7) is 0.828. The third-order valence-corrected chi connectivity index (χ3v) is 5.66. The van der Waals surface area contributed by atoms with Crippen molar-refractivity contribution in [1.29, 1.82) is 5.26 Å². The van der Waals surface area contributed by atoms with Gasteiger partial charge in [0, 0.05) is 31.6 Å². The van der Waals surface area contributed by atoms with Gasteiger partial charge in [-0.05, 0) is 48.4 Å². The lowest BCUT2D eigenvalue weighted by Crippen LogP contribution is -2.26. The number of hydrogen-bond donors (Lipinski definition) is 2. The molecule has 0 atom stereocenters. The topological polar surface area (TPSA) is 112 Å². The monoisotopic (exact) mass is 482 g/mol. The van der Waals surface area contributed by atoms with Gasteiger partial charge < -0.3 is 19.8 Å². The van der Waals surface area contributed by atoms with Gasteiger partial charge in [-0.2, -0.15) is 10.4 Å². The minimum Gasteiger partial charge on any atom is -0.507 e. The van der Waals surface area contributed by atoms with Crippen LogP contribution in [0.4, 0.5) is 0 Å². The lowest BCUT2D eigenvalue weighted by Gasteiger charge is -2.19. The van der Waals surface area contributed by atoms with E-state index in [2.05, 4.69) is 11.2 Å². The van der Waals surface area contributed by atoms with E-state index in [0.717, 1.165) is 11.3 Å². The fourth-order valence-corrected chi connectivity index (χ4v) is 3.83. The highest BCUT2D eigenvalue weighted by molar-refractivity contribution is 5.98. The van der Waals surface area contributed by atoms with Crippen LogP contribution < -0.4 is 4.74 Å². The second kappa shape index (κ2) is 11.1. The van der Waals surface area contributed by atoms with Crippen molar-refractivity contribution in [3.05, 3.63) is 90.1 Å². The molecule has 8 heteroatoms. The van der Waals surface area contributed by atoms with Gasteiger partial charge in [0.05, 0.1) is 35.8 Å². The Morgan fingerprint density at radius 2 is 1.81 bits per heavy atom. The van der Waals surface area contributed by atoms with Crippen LogP contribution in [-0.4, -0.2) is 44.5 Å². The van der Waals surface area contributed by atoms with Crippen molar-refractivity contribution in [2.24, 2.45) is 0 Å². The van der Waals surface area contributed by atoms with Gasteiger partial charge >= 0.3 is 0 Å². The zero-order chi connectivity index (χ0) is 25.5. The quantitative estimate of drug-likeness (QED) is 0.328. The Balaban J connectivity index is 1.59. The Bertz CT molecular complexity index is 1380. The normalized spacial score (nSPS) is 10.6. The minimum absolute atomic E-state index is 0.0788. The van der Waals surface area contributed by atoms with Crippen LogP contribution >= 0.6 is 0 Å². The highest BCUT2D eigenvalue weighted by Crippen LogP contribution is 2.36. The number of carbonyl (C=O) groups is 1. The molecule has 0 saturated heterocycles. The van der Waals surface area contributed by atoms with Crippen molar-refractivity contribution in [2.75, 3.05) is 13.7 Å². The number of phenolic OH excluding ortho intramolecular Hbond substituents is 2. The average Bonchev–Trinajstić information content (AvgIpc) is 3.37. The number of benzene rings is 3.